The summed E-state index contributed by atoms with van der Waals surface area (Å²) in [7, 11) is 0. The number of allylic oxidation sites excluding steroid dienone is 2. The molecule has 12 heavy (non-hydrogen) atoms. The fraction of sp³-hybridized carbons (Fsp3) is 0.818. The highest BCUT2D eigenvalue weighted by atomic mass is 16.5. The molecule has 0 bridgehead atoms. The van der Waals surface area contributed by atoms with Crippen LogP contribution in [0.25, 0.3) is 0 Å². The van der Waals surface area contributed by atoms with E-state index in [1.807, 2.05) is 0 Å². The topological polar surface area (TPSA) is 9.23 Å². The van der Waals surface area contributed by atoms with Crippen LogP contribution in [0.2, 0.25) is 0 Å². The zero-order chi connectivity index (χ0) is 8.23. The van der Waals surface area contributed by atoms with Crippen LogP contribution in [0.1, 0.15) is 32.1 Å². The van der Waals surface area contributed by atoms with Crippen LogP contribution in [-0.2, 0) is 4.74 Å². The first-order valence-corrected chi connectivity index (χ1v) is 5.19. The van der Waals surface area contributed by atoms with Gasteiger partial charge in [-0.2, -0.15) is 0 Å². The average Bonchev–Trinajstić information content (AvgIpc) is 2.21. The third-order valence-electron chi connectivity index (χ3n) is 3.24. The minimum absolute atomic E-state index is 0.962. The summed E-state index contributed by atoms with van der Waals surface area (Å²) in [5.74, 6) is 1.93. The molecular formula is C11H18O. The maximum Gasteiger partial charge on any atom is 0.0468 e. The molecule has 0 saturated carbocycles. The lowest BCUT2D eigenvalue weighted by Crippen LogP contribution is -2.23. The largest absolute Gasteiger partial charge is 0.381 e. The zero-order valence-corrected chi connectivity index (χ0v) is 7.67. The molecule has 1 atom stereocenters. The maximum absolute atomic E-state index is 5.37. The minimum atomic E-state index is 0.962. The first kappa shape index (κ1) is 8.31. The predicted octanol–water partition coefficient (Wildman–Crippen LogP) is 2.77. The summed E-state index contributed by atoms with van der Waals surface area (Å²) in [6.45, 7) is 2.01. The molecule has 2 rings (SSSR count). The Bertz CT molecular complexity index is 156. The van der Waals surface area contributed by atoms with Crippen molar-refractivity contribution in [1.82, 2.24) is 0 Å². The van der Waals surface area contributed by atoms with Crippen molar-refractivity contribution in [3.05, 3.63) is 12.2 Å². The first-order valence-electron chi connectivity index (χ1n) is 5.19. The molecule has 1 saturated heterocycles. The summed E-state index contributed by atoms with van der Waals surface area (Å²) in [6, 6.07) is 0. The normalized spacial score (nSPS) is 32.2. The lowest BCUT2D eigenvalue weighted by Gasteiger charge is -2.30. The molecule has 1 nitrogen and oxygen atoms in total. The Kier molecular flexibility index (Phi) is 2.83. The lowest BCUT2D eigenvalue weighted by molar-refractivity contribution is 0.0449. The summed E-state index contributed by atoms with van der Waals surface area (Å²) in [4.78, 5) is 0. The van der Waals surface area contributed by atoms with Crippen LogP contribution in [0.4, 0.5) is 0 Å². The Morgan fingerprint density at radius 3 is 2.42 bits per heavy atom. The van der Waals surface area contributed by atoms with E-state index in [4.69, 9.17) is 4.74 Å². The van der Waals surface area contributed by atoms with Crippen LogP contribution >= 0.6 is 0 Å². The third kappa shape index (κ3) is 1.89. The third-order valence-corrected chi connectivity index (χ3v) is 3.24. The minimum Gasteiger partial charge on any atom is -0.381 e. The molecule has 1 heteroatoms. The van der Waals surface area contributed by atoms with Crippen molar-refractivity contribution in [1.29, 1.82) is 0 Å². The molecule has 0 N–H and O–H groups in total. The number of rotatable bonds is 1. The molecule has 0 spiro atoms. The van der Waals surface area contributed by atoms with Gasteiger partial charge in [-0.05, 0) is 43.9 Å². The van der Waals surface area contributed by atoms with Crippen LogP contribution in [0.3, 0.4) is 0 Å². The average molecular weight is 166 g/mol. The van der Waals surface area contributed by atoms with E-state index < -0.39 is 0 Å². The van der Waals surface area contributed by atoms with Crippen molar-refractivity contribution in [2.24, 2.45) is 11.8 Å². The molecule has 1 heterocycles. The van der Waals surface area contributed by atoms with Gasteiger partial charge in [0, 0.05) is 13.2 Å². The molecule has 0 unspecified atom stereocenters. The van der Waals surface area contributed by atoms with E-state index in [0.29, 0.717) is 0 Å². The van der Waals surface area contributed by atoms with Gasteiger partial charge in [-0.3, -0.25) is 0 Å². The van der Waals surface area contributed by atoms with E-state index in [1.54, 1.807) is 0 Å². The summed E-state index contributed by atoms with van der Waals surface area (Å²) >= 11 is 0. The van der Waals surface area contributed by atoms with Crippen LogP contribution in [0, 0.1) is 11.8 Å². The number of hydrogen-bond acceptors (Lipinski definition) is 1. The second-order valence-electron chi connectivity index (χ2n) is 3.99. The van der Waals surface area contributed by atoms with E-state index in [1.165, 1.54) is 32.1 Å². The highest BCUT2D eigenvalue weighted by Crippen LogP contribution is 2.32. The Balaban J connectivity index is 1.85. The summed E-state index contributed by atoms with van der Waals surface area (Å²) in [5, 5.41) is 0. The maximum atomic E-state index is 5.37. The molecule has 0 amide bonds. The van der Waals surface area contributed by atoms with Gasteiger partial charge in [-0.1, -0.05) is 12.2 Å². The molecule has 0 aromatic carbocycles. The van der Waals surface area contributed by atoms with Crippen LogP contribution in [0.5, 0.6) is 0 Å². The molecule has 0 radical (unpaired) electrons. The fourth-order valence-electron chi connectivity index (χ4n) is 2.43. The van der Waals surface area contributed by atoms with Gasteiger partial charge in [0.1, 0.15) is 0 Å². The summed E-state index contributed by atoms with van der Waals surface area (Å²) in [5.41, 5.74) is 0. The van der Waals surface area contributed by atoms with Crippen molar-refractivity contribution in [3.63, 3.8) is 0 Å². The Hall–Kier alpha value is -0.300. The molecular weight excluding hydrogens is 148 g/mol. The fourth-order valence-corrected chi connectivity index (χ4v) is 2.43. The molecule has 0 aromatic heterocycles. The van der Waals surface area contributed by atoms with Gasteiger partial charge < -0.3 is 4.74 Å². The van der Waals surface area contributed by atoms with E-state index in [0.717, 1.165) is 25.0 Å². The Morgan fingerprint density at radius 2 is 1.75 bits per heavy atom. The predicted molar refractivity (Wildman–Crippen MR) is 50.0 cm³/mol. The van der Waals surface area contributed by atoms with E-state index in [2.05, 4.69) is 12.2 Å². The number of hydrogen-bond donors (Lipinski definition) is 0. The number of ether oxygens (including phenoxy) is 1. The van der Waals surface area contributed by atoms with Crippen molar-refractivity contribution < 1.29 is 4.74 Å². The van der Waals surface area contributed by atoms with E-state index in [9.17, 15) is 0 Å². The molecule has 1 aliphatic carbocycles. The van der Waals surface area contributed by atoms with Gasteiger partial charge in [0.25, 0.3) is 0 Å². The zero-order valence-electron chi connectivity index (χ0n) is 7.67. The monoisotopic (exact) mass is 166 g/mol. The van der Waals surface area contributed by atoms with Gasteiger partial charge in [-0.25, -0.2) is 0 Å². The molecule has 1 fully saturated rings. The van der Waals surface area contributed by atoms with Gasteiger partial charge in [0.05, 0.1) is 0 Å². The van der Waals surface area contributed by atoms with Crippen LogP contribution in [0.15, 0.2) is 12.2 Å². The Labute approximate surface area is 74.8 Å². The summed E-state index contributed by atoms with van der Waals surface area (Å²) < 4.78 is 5.37. The summed E-state index contributed by atoms with van der Waals surface area (Å²) in [6.07, 6.45) is 11.4. The lowest BCUT2D eigenvalue weighted by atomic mass is 9.79. The van der Waals surface area contributed by atoms with Crippen LogP contribution in [-0.4, -0.2) is 13.2 Å². The van der Waals surface area contributed by atoms with Gasteiger partial charge >= 0.3 is 0 Å². The van der Waals surface area contributed by atoms with E-state index in [-0.39, 0.29) is 0 Å². The second kappa shape index (κ2) is 4.08. The van der Waals surface area contributed by atoms with Gasteiger partial charge in [0.15, 0.2) is 0 Å². The molecule has 2 aliphatic rings. The quantitative estimate of drug-likeness (QED) is 0.544. The van der Waals surface area contributed by atoms with Crippen molar-refractivity contribution in [3.8, 4) is 0 Å². The van der Waals surface area contributed by atoms with Crippen molar-refractivity contribution in [2.45, 2.75) is 32.1 Å². The molecule has 1 aliphatic heterocycles. The van der Waals surface area contributed by atoms with Crippen LogP contribution < -0.4 is 0 Å². The second-order valence-corrected chi connectivity index (χ2v) is 3.99. The Morgan fingerprint density at radius 1 is 0.917 bits per heavy atom. The molecule has 0 aromatic rings. The SMILES string of the molecule is C1=CC[C@H](C2CCOCC2)CC1. The highest BCUT2D eigenvalue weighted by Gasteiger charge is 2.23. The van der Waals surface area contributed by atoms with Gasteiger partial charge in [-0.15, -0.1) is 0 Å². The van der Waals surface area contributed by atoms with Crippen molar-refractivity contribution >= 4 is 0 Å². The highest BCUT2D eigenvalue weighted by molar-refractivity contribution is 4.92. The van der Waals surface area contributed by atoms with Crippen molar-refractivity contribution in [2.75, 3.05) is 13.2 Å². The standard InChI is InChI=1S/C11H18O/c1-2-4-10(5-3-1)11-6-8-12-9-7-11/h1-2,10-11H,3-9H2/t10-/m0/s1. The first-order chi connectivity index (χ1) is 5.97. The van der Waals surface area contributed by atoms with E-state index >= 15 is 0 Å². The smallest absolute Gasteiger partial charge is 0.0468 e. The molecule has 68 valence electrons. The van der Waals surface area contributed by atoms with Gasteiger partial charge in [0.2, 0.25) is 0 Å².